The second-order valence-electron chi connectivity index (χ2n) is 6.29. The maximum atomic E-state index is 12.3. The van der Waals surface area contributed by atoms with Crippen LogP contribution in [-0.2, 0) is 11.3 Å². The van der Waals surface area contributed by atoms with Crippen LogP contribution in [0.4, 0.5) is 4.79 Å². The van der Waals surface area contributed by atoms with Gasteiger partial charge in [-0.25, -0.2) is 4.79 Å². The van der Waals surface area contributed by atoms with Crippen LogP contribution in [0.25, 0.3) is 0 Å². The van der Waals surface area contributed by atoms with Crippen LogP contribution in [0.5, 0.6) is 11.5 Å². The van der Waals surface area contributed by atoms with Crippen molar-refractivity contribution < 1.29 is 14.3 Å². The second-order valence-corrected chi connectivity index (χ2v) is 6.29. The lowest BCUT2D eigenvalue weighted by Crippen LogP contribution is -2.39. The average Bonchev–Trinajstić information content (AvgIpc) is 3.14. The van der Waals surface area contributed by atoms with Crippen LogP contribution in [0.15, 0.2) is 54.6 Å². The normalized spacial score (nSPS) is 16.4. The molecule has 0 radical (unpaired) electrons. The molecule has 5 nitrogen and oxygen atoms in total. The summed E-state index contributed by atoms with van der Waals surface area (Å²) in [5.74, 6) is 1.96. The summed E-state index contributed by atoms with van der Waals surface area (Å²) < 4.78 is 11.3. The number of benzene rings is 2. The molecule has 1 N–H and O–H groups in total. The van der Waals surface area contributed by atoms with Gasteiger partial charge in [0.15, 0.2) is 0 Å². The van der Waals surface area contributed by atoms with Gasteiger partial charge in [0.05, 0.1) is 6.61 Å². The molecule has 2 aromatic carbocycles. The maximum Gasteiger partial charge on any atom is 0.317 e. The summed E-state index contributed by atoms with van der Waals surface area (Å²) in [6.07, 6.45) is 1.02. The van der Waals surface area contributed by atoms with Crippen LogP contribution in [0, 0.1) is 5.92 Å². The van der Waals surface area contributed by atoms with Gasteiger partial charge in [0.25, 0.3) is 0 Å². The topological polar surface area (TPSA) is 50.8 Å². The first-order valence-corrected chi connectivity index (χ1v) is 8.60. The van der Waals surface area contributed by atoms with Gasteiger partial charge in [-0.05, 0) is 24.6 Å². The van der Waals surface area contributed by atoms with Crippen molar-refractivity contribution in [3.8, 4) is 11.5 Å². The van der Waals surface area contributed by atoms with E-state index in [1.807, 2.05) is 61.6 Å². The number of nitrogens with one attached hydrogen (secondary N) is 1. The molecule has 25 heavy (non-hydrogen) atoms. The molecule has 1 aliphatic rings. The fourth-order valence-electron chi connectivity index (χ4n) is 2.87. The minimum Gasteiger partial charge on any atom is -0.457 e. The third kappa shape index (κ3) is 4.97. The van der Waals surface area contributed by atoms with Gasteiger partial charge >= 0.3 is 6.03 Å². The van der Waals surface area contributed by atoms with Gasteiger partial charge in [-0.2, -0.15) is 0 Å². The molecule has 1 fully saturated rings. The van der Waals surface area contributed by atoms with Crippen LogP contribution in [-0.4, -0.2) is 37.7 Å². The predicted molar refractivity (Wildman–Crippen MR) is 96.7 cm³/mol. The molecule has 132 valence electrons. The maximum absolute atomic E-state index is 12.3. The van der Waals surface area contributed by atoms with E-state index < -0.39 is 0 Å². The molecule has 5 heteroatoms. The minimum absolute atomic E-state index is 0.0820. The van der Waals surface area contributed by atoms with Crippen molar-refractivity contribution >= 4 is 6.03 Å². The molecule has 2 amide bonds. The first-order chi connectivity index (χ1) is 12.2. The number of rotatable bonds is 6. The summed E-state index contributed by atoms with van der Waals surface area (Å²) >= 11 is 0. The fraction of sp³-hybridized carbons (Fsp3) is 0.350. The van der Waals surface area contributed by atoms with Gasteiger partial charge in [-0.15, -0.1) is 0 Å². The number of hydrogen-bond acceptors (Lipinski definition) is 3. The lowest BCUT2D eigenvalue weighted by atomic mass is 10.1. The molecule has 3 rings (SSSR count). The summed E-state index contributed by atoms with van der Waals surface area (Å²) in [4.78, 5) is 14.0. The lowest BCUT2D eigenvalue weighted by Gasteiger charge is -2.21. The van der Waals surface area contributed by atoms with Crippen molar-refractivity contribution in [3.05, 3.63) is 60.2 Å². The molecule has 0 bridgehead atoms. The van der Waals surface area contributed by atoms with E-state index in [1.54, 1.807) is 4.90 Å². The summed E-state index contributed by atoms with van der Waals surface area (Å²) in [7, 11) is 1.82. The number of ether oxygens (including phenoxy) is 2. The Morgan fingerprint density at radius 3 is 2.72 bits per heavy atom. The van der Waals surface area contributed by atoms with Gasteiger partial charge in [0.1, 0.15) is 11.5 Å². The monoisotopic (exact) mass is 340 g/mol. The smallest absolute Gasteiger partial charge is 0.317 e. The lowest BCUT2D eigenvalue weighted by molar-refractivity contribution is 0.171. The summed E-state index contributed by atoms with van der Waals surface area (Å²) in [6.45, 7) is 2.68. The van der Waals surface area contributed by atoms with E-state index in [1.165, 1.54) is 0 Å². The van der Waals surface area contributed by atoms with Crippen molar-refractivity contribution in [2.75, 3.05) is 26.8 Å². The van der Waals surface area contributed by atoms with E-state index in [0.29, 0.717) is 19.0 Å². The van der Waals surface area contributed by atoms with Gasteiger partial charge in [-0.1, -0.05) is 36.4 Å². The van der Waals surface area contributed by atoms with Crippen molar-refractivity contribution in [1.82, 2.24) is 10.2 Å². The molecule has 1 atom stereocenters. The standard InChI is InChI=1S/C20H24N2O3/c1-22(14-16-11-12-24-15-16)20(23)21-13-17-7-5-6-10-19(17)25-18-8-3-2-4-9-18/h2-10,16H,11-15H2,1H3,(H,21,23)/t16-/m0/s1. The molecule has 0 saturated carbocycles. The molecule has 1 aliphatic heterocycles. The number of hydrogen-bond donors (Lipinski definition) is 1. The molecular formula is C20H24N2O3. The Labute approximate surface area is 148 Å². The quantitative estimate of drug-likeness (QED) is 0.873. The fourth-order valence-corrected chi connectivity index (χ4v) is 2.87. The zero-order valence-electron chi connectivity index (χ0n) is 14.5. The van der Waals surface area contributed by atoms with Crippen molar-refractivity contribution in [1.29, 1.82) is 0 Å². The number of para-hydroxylation sites is 2. The van der Waals surface area contributed by atoms with E-state index in [-0.39, 0.29) is 6.03 Å². The number of amides is 2. The third-order valence-electron chi connectivity index (χ3n) is 4.28. The summed E-state index contributed by atoms with van der Waals surface area (Å²) in [6, 6.07) is 17.3. The highest BCUT2D eigenvalue weighted by atomic mass is 16.5. The third-order valence-corrected chi connectivity index (χ3v) is 4.28. The number of carbonyl (C=O) groups is 1. The Balaban J connectivity index is 1.56. The highest BCUT2D eigenvalue weighted by molar-refractivity contribution is 5.73. The van der Waals surface area contributed by atoms with Gasteiger partial charge < -0.3 is 19.7 Å². The van der Waals surface area contributed by atoms with Gasteiger partial charge in [-0.3, -0.25) is 0 Å². The average molecular weight is 340 g/mol. The zero-order chi connectivity index (χ0) is 17.5. The van der Waals surface area contributed by atoms with Crippen molar-refractivity contribution in [2.24, 2.45) is 5.92 Å². The number of carbonyl (C=O) groups excluding carboxylic acids is 1. The Morgan fingerprint density at radius 2 is 1.96 bits per heavy atom. The Morgan fingerprint density at radius 1 is 1.20 bits per heavy atom. The van der Waals surface area contributed by atoms with Crippen molar-refractivity contribution in [3.63, 3.8) is 0 Å². The number of urea groups is 1. The first kappa shape index (κ1) is 17.3. The molecule has 1 heterocycles. The molecule has 0 aromatic heterocycles. The summed E-state index contributed by atoms with van der Waals surface area (Å²) in [5.41, 5.74) is 0.942. The van der Waals surface area contributed by atoms with Crippen LogP contribution in [0.2, 0.25) is 0 Å². The Kier molecular flexibility index (Phi) is 5.90. The summed E-state index contributed by atoms with van der Waals surface area (Å²) in [5, 5.41) is 2.97. The van der Waals surface area contributed by atoms with E-state index in [9.17, 15) is 4.79 Å². The molecule has 2 aromatic rings. The molecular weight excluding hydrogens is 316 g/mol. The van der Waals surface area contributed by atoms with E-state index in [4.69, 9.17) is 9.47 Å². The highest BCUT2D eigenvalue weighted by Gasteiger charge is 2.20. The Hall–Kier alpha value is -2.53. The van der Waals surface area contributed by atoms with Crippen LogP contribution >= 0.6 is 0 Å². The van der Waals surface area contributed by atoms with E-state index in [0.717, 1.165) is 36.7 Å². The van der Waals surface area contributed by atoms with Crippen molar-refractivity contribution in [2.45, 2.75) is 13.0 Å². The van der Waals surface area contributed by atoms with E-state index >= 15 is 0 Å². The van der Waals surface area contributed by atoms with Gasteiger partial charge in [0, 0.05) is 38.2 Å². The van der Waals surface area contributed by atoms with Crippen LogP contribution in [0.3, 0.4) is 0 Å². The minimum atomic E-state index is -0.0820. The first-order valence-electron chi connectivity index (χ1n) is 8.60. The number of nitrogens with zero attached hydrogens (tertiary/aromatic N) is 1. The Bertz CT molecular complexity index is 684. The van der Waals surface area contributed by atoms with Crippen LogP contribution in [0.1, 0.15) is 12.0 Å². The van der Waals surface area contributed by atoms with Crippen LogP contribution < -0.4 is 10.1 Å². The zero-order valence-corrected chi connectivity index (χ0v) is 14.5. The highest BCUT2D eigenvalue weighted by Crippen LogP contribution is 2.25. The molecule has 0 unspecified atom stereocenters. The molecule has 1 saturated heterocycles. The SMILES string of the molecule is CN(C[C@@H]1CCOC1)C(=O)NCc1ccccc1Oc1ccccc1. The molecule has 0 spiro atoms. The second kappa shape index (κ2) is 8.53. The van der Waals surface area contributed by atoms with Gasteiger partial charge in [0.2, 0.25) is 0 Å². The molecule has 0 aliphatic carbocycles. The van der Waals surface area contributed by atoms with E-state index in [2.05, 4.69) is 5.32 Å². The predicted octanol–water partition coefficient (Wildman–Crippen LogP) is 3.66. The largest absolute Gasteiger partial charge is 0.457 e.